The quantitative estimate of drug-likeness (QED) is 0.902. The molecule has 0 atom stereocenters. The highest BCUT2D eigenvalue weighted by molar-refractivity contribution is 9.11. The van der Waals surface area contributed by atoms with Crippen molar-refractivity contribution in [2.45, 2.75) is 5.92 Å². The number of halogens is 3. The highest BCUT2D eigenvalue weighted by atomic mass is 79.9. The third kappa shape index (κ3) is 2.66. The second kappa shape index (κ2) is 4.99. The molecule has 2 rings (SSSR count). The molecule has 17 heavy (non-hydrogen) atoms. The van der Waals surface area contributed by atoms with Crippen LogP contribution in [0.25, 0.3) is 0 Å². The molecule has 1 N–H and O–H groups in total. The Labute approximate surface area is 110 Å². The lowest BCUT2D eigenvalue weighted by Crippen LogP contribution is -2.50. The van der Waals surface area contributed by atoms with Crippen molar-refractivity contribution in [2.24, 2.45) is 0 Å². The smallest absolute Gasteiger partial charge is 0.335 e. The van der Waals surface area contributed by atoms with Crippen LogP contribution >= 0.6 is 27.3 Å². The molecule has 0 saturated carbocycles. The number of carbonyl (C=O) groups is 1. The molecule has 1 aliphatic heterocycles. The second-order valence-electron chi connectivity index (χ2n) is 3.72. The van der Waals surface area contributed by atoms with Crippen molar-refractivity contribution in [1.29, 1.82) is 0 Å². The molecule has 7 heteroatoms. The minimum atomic E-state index is -3.42. The van der Waals surface area contributed by atoms with Crippen molar-refractivity contribution in [3.8, 4) is 0 Å². The third-order valence-corrected chi connectivity index (χ3v) is 4.25. The van der Waals surface area contributed by atoms with Gasteiger partial charge >= 0.3 is 5.92 Å². The fourth-order valence-electron chi connectivity index (χ4n) is 1.65. The van der Waals surface area contributed by atoms with Gasteiger partial charge in [-0.3, -0.25) is 4.79 Å². The van der Waals surface area contributed by atoms with Gasteiger partial charge in [0.1, 0.15) is 0 Å². The molecular formula is C10H11BrF2N2OS. The summed E-state index contributed by atoms with van der Waals surface area (Å²) >= 11 is 4.01. The zero-order chi connectivity index (χ0) is 12.5. The predicted octanol–water partition coefficient (Wildman–Crippen LogP) is 2.03. The van der Waals surface area contributed by atoms with Crippen molar-refractivity contribution < 1.29 is 13.6 Å². The molecule has 2 heterocycles. The molecule has 0 unspecified atom stereocenters. The fraction of sp³-hybridized carbons (Fsp3) is 0.500. The Kier molecular flexibility index (Phi) is 3.79. The van der Waals surface area contributed by atoms with Crippen molar-refractivity contribution in [1.82, 2.24) is 10.2 Å². The zero-order valence-electron chi connectivity index (χ0n) is 8.88. The zero-order valence-corrected chi connectivity index (χ0v) is 11.3. The number of nitrogens with one attached hydrogen (secondary N) is 1. The van der Waals surface area contributed by atoms with Crippen LogP contribution in [0, 0.1) is 0 Å². The van der Waals surface area contributed by atoms with E-state index in [1.54, 1.807) is 0 Å². The summed E-state index contributed by atoms with van der Waals surface area (Å²) < 4.78 is 28.4. The highest BCUT2D eigenvalue weighted by Gasteiger charge is 2.45. The largest absolute Gasteiger partial charge is 0.358 e. The third-order valence-electron chi connectivity index (χ3n) is 2.56. The summed E-state index contributed by atoms with van der Waals surface area (Å²) in [5, 5.41) is 3.02. The molecule has 1 saturated heterocycles. The Balaban J connectivity index is 2.16. The topological polar surface area (TPSA) is 32.3 Å². The Morgan fingerprint density at radius 2 is 2.06 bits per heavy atom. The van der Waals surface area contributed by atoms with E-state index in [4.69, 9.17) is 0 Å². The summed E-state index contributed by atoms with van der Waals surface area (Å²) in [5.74, 6) is -4.53. The van der Waals surface area contributed by atoms with Gasteiger partial charge in [-0.1, -0.05) is 0 Å². The maximum atomic E-state index is 13.9. The number of hydrogen-bond donors (Lipinski definition) is 1. The number of amides is 1. The van der Waals surface area contributed by atoms with Gasteiger partial charge in [0.2, 0.25) is 0 Å². The number of rotatable bonds is 2. The average Bonchev–Trinajstić information content (AvgIpc) is 2.77. The van der Waals surface area contributed by atoms with Gasteiger partial charge in [0.05, 0.1) is 8.66 Å². The molecule has 1 amide bonds. The van der Waals surface area contributed by atoms with Crippen LogP contribution in [0.2, 0.25) is 0 Å². The predicted molar refractivity (Wildman–Crippen MR) is 65.4 cm³/mol. The Bertz CT molecular complexity index is 418. The van der Waals surface area contributed by atoms with Gasteiger partial charge in [0.15, 0.2) is 0 Å². The molecule has 1 aromatic rings. The lowest BCUT2D eigenvalue weighted by Gasteiger charge is -2.30. The summed E-state index contributed by atoms with van der Waals surface area (Å²) in [4.78, 5) is 12.8. The van der Waals surface area contributed by atoms with Crippen LogP contribution in [-0.2, 0) is 10.7 Å². The molecule has 3 nitrogen and oxygen atoms in total. The number of carbonyl (C=O) groups excluding carboxylic acids is 1. The summed E-state index contributed by atoms with van der Waals surface area (Å²) in [6, 6.07) is 2.81. The van der Waals surface area contributed by atoms with Crippen LogP contribution < -0.4 is 5.32 Å². The van der Waals surface area contributed by atoms with Crippen LogP contribution in [0.3, 0.4) is 0 Å². The molecule has 1 fully saturated rings. The van der Waals surface area contributed by atoms with Gasteiger partial charge in [0, 0.05) is 26.2 Å². The maximum Gasteiger partial charge on any atom is 0.358 e. The normalized spacial score (nSPS) is 17.2. The number of thiophene rings is 1. The lowest BCUT2D eigenvalue weighted by atomic mass is 10.2. The van der Waals surface area contributed by atoms with Gasteiger partial charge in [-0.15, -0.1) is 11.3 Å². The molecule has 1 aromatic heterocycles. The molecule has 0 radical (unpaired) electrons. The van der Waals surface area contributed by atoms with Gasteiger partial charge < -0.3 is 10.2 Å². The molecular weight excluding hydrogens is 314 g/mol. The van der Waals surface area contributed by atoms with Gasteiger partial charge in [0.25, 0.3) is 5.91 Å². The van der Waals surface area contributed by atoms with E-state index in [-0.39, 0.29) is 4.88 Å². The summed E-state index contributed by atoms with van der Waals surface area (Å²) in [6.45, 7) is 1.80. The minimum Gasteiger partial charge on any atom is -0.335 e. The average molecular weight is 325 g/mol. The molecule has 0 bridgehead atoms. The van der Waals surface area contributed by atoms with E-state index in [2.05, 4.69) is 21.2 Å². The minimum absolute atomic E-state index is 0.215. The van der Waals surface area contributed by atoms with Crippen LogP contribution in [-0.4, -0.2) is 37.0 Å². The SMILES string of the molecule is O=C(N1CCNCC1)C(F)(F)c1ccc(Br)s1. The van der Waals surface area contributed by atoms with E-state index in [1.807, 2.05) is 0 Å². The van der Waals surface area contributed by atoms with Crippen molar-refractivity contribution in [3.05, 3.63) is 20.8 Å². The molecule has 0 spiro atoms. The Morgan fingerprint density at radius 1 is 1.41 bits per heavy atom. The van der Waals surface area contributed by atoms with Crippen LogP contribution in [0.15, 0.2) is 15.9 Å². The molecule has 0 aromatic carbocycles. The number of nitrogens with zero attached hydrogens (tertiary/aromatic N) is 1. The summed E-state index contributed by atoms with van der Waals surface area (Å²) in [7, 11) is 0. The number of hydrogen-bond acceptors (Lipinski definition) is 3. The standard InChI is InChI=1S/C10H11BrF2N2OS/c11-8-2-1-7(17-8)10(12,13)9(16)15-5-3-14-4-6-15/h1-2,14H,3-6H2. The van der Waals surface area contributed by atoms with Crippen molar-refractivity contribution >= 4 is 33.2 Å². The van der Waals surface area contributed by atoms with Crippen molar-refractivity contribution in [2.75, 3.05) is 26.2 Å². The van der Waals surface area contributed by atoms with E-state index in [1.165, 1.54) is 17.0 Å². The first-order chi connectivity index (χ1) is 8.01. The fourth-order valence-corrected chi connectivity index (χ4v) is 3.01. The monoisotopic (exact) mass is 324 g/mol. The lowest BCUT2D eigenvalue weighted by molar-refractivity contribution is -0.159. The van der Waals surface area contributed by atoms with Crippen LogP contribution in [0.4, 0.5) is 8.78 Å². The Morgan fingerprint density at radius 3 is 2.59 bits per heavy atom. The van der Waals surface area contributed by atoms with E-state index in [9.17, 15) is 13.6 Å². The van der Waals surface area contributed by atoms with Gasteiger partial charge in [-0.05, 0) is 28.1 Å². The molecule has 0 aliphatic carbocycles. The molecule has 1 aliphatic rings. The summed E-state index contributed by atoms with van der Waals surface area (Å²) in [5.41, 5.74) is 0. The van der Waals surface area contributed by atoms with Gasteiger partial charge in [-0.25, -0.2) is 0 Å². The van der Waals surface area contributed by atoms with E-state index in [0.29, 0.717) is 30.0 Å². The van der Waals surface area contributed by atoms with E-state index in [0.717, 1.165) is 11.3 Å². The van der Waals surface area contributed by atoms with E-state index < -0.39 is 11.8 Å². The first-order valence-electron chi connectivity index (χ1n) is 5.15. The van der Waals surface area contributed by atoms with E-state index >= 15 is 0 Å². The first-order valence-corrected chi connectivity index (χ1v) is 6.76. The van der Waals surface area contributed by atoms with Crippen LogP contribution in [0.5, 0.6) is 0 Å². The van der Waals surface area contributed by atoms with Gasteiger partial charge in [-0.2, -0.15) is 8.78 Å². The Hall–Kier alpha value is -0.530. The number of alkyl halides is 2. The van der Waals surface area contributed by atoms with Crippen molar-refractivity contribution in [3.63, 3.8) is 0 Å². The highest BCUT2D eigenvalue weighted by Crippen LogP contribution is 2.37. The maximum absolute atomic E-state index is 13.9. The van der Waals surface area contributed by atoms with Crippen LogP contribution in [0.1, 0.15) is 4.88 Å². The first kappa shape index (κ1) is 12.9. The second-order valence-corrected chi connectivity index (χ2v) is 6.18. The molecule has 94 valence electrons. The summed E-state index contributed by atoms with van der Waals surface area (Å²) in [6.07, 6.45) is 0. The number of piperazine rings is 1.